The second-order valence-electron chi connectivity index (χ2n) is 7.16. The maximum atomic E-state index is 14.1. The number of benzene rings is 2. The van der Waals surface area contributed by atoms with Gasteiger partial charge in [-0.25, -0.2) is 4.39 Å². The molecule has 0 atom stereocenters. The molecule has 0 saturated carbocycles. The smallest absolute Gasteiger partial charge is 0.260 e. The van der Waals surface area contributed by atoms with Crippen LogP contribution in [0.4, 0.5) is 4.39 Å². The molecule has 1 saturated heterocycles. The van der Waals surface area contributed by atoms with Crippen LogP contribution in [0.5, 0.6) is 5.75 Å². The van der Waals surface area contributed by atoms with E-state index in [0.717, 1.165) is 11.1 Å². The Labute approximate surface area is 175 Å². The van der Waals surface area contributed by atoms with Crippen molar-refractivity contribution in [3.63, 3.8) is 0 Å². The van der Waals surface area contributed by atoms with Crippen molar-refractivity contribution in [1.29, 1.82) is 0 Å². The number of rotatable bonds is 4. The van der Waals surface area contributed by atoms with E-state index >= 15 is 0 Å². The van der Waals surface area contributed by atoms with Crippen molar-refractivity contribution in [3.8, 4) is 5.75 Å². The van der Waals surface area contributed by atoms with E-state index in [2.05, 4.69) is 0 Å². The van der Waals surface area contributed by atoms with Gasteiger partial charge in [-0.1, -0.05) is 23.7 Å². The fourth-order valence-electron chi connectivity index (χ4n) is 3.27. The third-order valence-corrected chi connectivity index (χ3v) is 5.47. The lowest BCUT2D eigenvalue weighted by Gasteiger charge is -2.23. The number of amides is 2. The normalized spacial score (nSPS) is 14.5. The summed E-state index contributed by atoms with van der Waals surface area (Å²) in [7, 11) is 0. The molecule has 2 aromatic rings. The van der Waals surface area contributed by atoms with E-state index in [1.54, 1.807) is 9.80 Å². The van der Waals surface area contributed by atoms with E-state index in [1.165, 1.54) is 18.2 Å². The van der Waals surface area contributed by atoms with Gasteiger partial charge in [0, 0.05) is 26.2 Å². The highest BCUT2D eigenvalue weighted by atomic mass is 35.5. The van der Waals surface area contributed by atoms with E-state index in [9.17, 15) is 14.0 Å². The lowest BCUT2D eigenvalue weighted by Crippen LogP contribution is -2.39. The Bertz CT molecular complexity index is 899. The second kappa shape index (κ2) is 9.27. The molecule has 0 unspecified atom stereocenters. The van der Waals surface area contributed by atoms with Gasteiger partial charge >= 0.3 is 0 Å². The molecule has 0 bridgehead atoms. The number of ether oxygens (including phenoxy) is 1. The van der Waals surface area contributed by atoms with Gasteiger partial charge in [0.1, 0.15) is 11.6 Å². The molecule has 154 valence electrons. The van der Waals surface area contributed by atoms with E-state index in [1.807, 2.05) is 32.0 Å². The summed E-state index contributed by atoms with van der Waals surface area (Å²) >= 11 is 6.02. The molecule has 3 rings (SSSR count). The first-order valence-corrected chi connectivity index (χ1v) is 9.95. The third-order valence-electron chi connectivity index (χ3n) is 5.15. The fourth-order valence-corrected chi connectivity index (χ4v) is 3.51. The van der Waals surface area contributed by atoms with Crippen LogP contribution in [0, 0.1) is 19.7 Å². The van der Waals surface area contributed by atoms with Crippen LogP contribution in [0.1, 0.15) is 27.9 Å². The first-order valence-electron chi connectivity index (χ1n) is 9.58. The average Bonchev–Trinajstić information content (AvgIpc) is 2.95. The van der Waals surface area contributed by atoms with Gasteiger partial charge in [0.05, 0.1) is 10.6 Å². The molecule has 1 heterocycles. The molecular weight excluding hydrogens is 395 g/mol. The summed E-state index contributed by atoms with van der Waals surface area (Å²) in [6.45, 7) is 5.59. The van der Waals surface area contributed by atoms with E-state index in [0.29, 0.717) is 38.3 Å². The Kier molecular flexibility index (Phi) is 6.75. The topological polar surface area (TPSA) is 49.9 Å². The number of carbonyl (C=O) groups excluding carboxylic acids is 2. The molecule has 29 heavy (non-hydrogen) atoms. The fraction of sp³-hybridized carbons (Fsp3) is 0.364. The lowest BCUT2D eigenvalue weighted by molar-refractivity contribution is -0.133. The summed E-state index contributed by atoms with van der Waals surface area (Å²) in [6.07, 6.45) is 0.604. The molecular formula is C22H24ClFN2O3. The largest absolute Gasteiger partial charge is 0.484 e. The van der Waals surface area contributed by atoms with Crippen molar-refractivity contribution in [2.45, 2.75) is 20.3 Å². The van der Waals surface area contributed by atoms with Crippen LogP contribution in [0.3, 0.4) is 0 Å². The van der Waals surface area contributed by atoms with Crippen molar-refractivity contribution >= 4 is 23.4 Å². The van der Waals surface area contributed by atoms with Crippen molar-refractivity contribution in [2.75, 3.05) is 32.8 Å². The Hall–Kier alpha value is -2.60. The highest BCUT2D eigenvalue weighted by Crippen LogP contribution is 2.22. The Morgan fingerprint density at radius 1 is 1.03 bits per heavy atom. The van der Waals surface area contributed by atoms with Gasteiger partial charge in [-0.2, -0.15) is 0 Å². The van der Waals surface area contributed by atoms with Gasteiger partial charge in [0.15, 0.2) is 6.61 Å². The minimum absolute atomic E-state index is 0.0599. The van der Waals surface area contributed by atoms with Crippen LogP contribution in [0.25, 0.3) is 0 Å². The number of carbonyl (C=O) groups is 2. The summed E-state index contributed by atoms with van der Waals surface area (Å²) in [5.41, 5.74) is 2.15. The van der Waals surface area contributed by atoms with Gasteiger partial charge < -0.3 is 14.5 Å². The molecule has 1 aliphatic heterocycles. The van der Waals surface area contributed by atoms with Crippen LogP contribution >= 0.6 is 11.6 Å². The van der Waals surface area contributed by atoms with Crippen LogP contribution in [-0.2, 0) is 4.79 Å². The van der Waals surface area contributed by atoms with Crippen molar-refractivity contribution in [1.82, 2.24) is 9.80 Å². The molecule has 0 aromatic heterocycles. The molecule has 2 aromatic carbocycles. The van der Waals surface area contributed by atoms with Crippen LogP contribution in [0.2, 0.25) is 5.02 Å². The van der Waals surface area contributed by atoms with Gasteiger partial charge in [-0.3, -0.25) is 9.59 Å². The van der Waals surface area contributed by atoms with Gasteiger partial charge in [-0.15, -0.1) is 0 Å². The number of aryl methyl sites for hydroxylation is 2. The Morgan fingerprint density at radius 2 is 1.76 bits per heavy atom. The summed E-state index contributed by atoms with van der Waals surface area (Å²) in [5, 5.41) is 0.0916. The molecule has 0 aliphatic carbocycles. The van der Waals surface area contributed by atoms with Crippen LogP contribution < -0.4 is 4.74 Å². The van der Waals surface area contributed by atoms with E-state index in [-0.39, 0.29) is 23.1 Å². The zero-order valence-electron chi connectivity index (χ0n) is 16.6. The summed E-state index contributed by atoms with van der Waals surface area (Å²) in [5.74, 6) is -0.570. The molecule has 0 N–H and O–H groups in total. The summed E-state index contributed by atoms with van der Waals surface area (Å²) in [6, 6.07) is 9.89. The van der Waals surface area contributed by atoms with Gasteiger partial charge in [0.25, 0.3) is 11.8 Å². The number of hydrogen-bond acceptors (Lipinski definition) is 3. The first-order chi connectivity index (χ1) is 13.9. The van der Waals surface area contributed by atoms with E-state index in [4.69, 9.17) is 16.3 Å². The Morgan fingerprint density at radius 3 is 2.48 bits per heavy atom. The van der Waals surface area contributed by atoms with E-state index < -0.39 is 11.7 Å². The number of nitrogens with zero attached hydrogens (tertiary/aromatic N) is 2. The lowest BCUT2D eigenvalue weighted by atomic mass is 10.1. The molecule has 0 radical (unpaired) electrons. The number of halogens is 2. The quantitative estimate of drug-likeness (QED) is 0.757. The highest BCUT2D eigenvalue weighted by Gasteiger charge is 2.26. The molecule has 2 amide bonds. The molecule has 7 heteroatoms. The van der Waals surface area contributed by atoms with Crippen molar-refractivity contribution in [2.24, 2.45) is 0 Å². The first kappa shape index (κ1) is 21.1. The molecule has 5 nitrogen and oxygen atoms in total. The van der Waals surface area contributed by atoms with Crippen molar-refractivity contribution < 1.29 is 18.7 Å². The molecule has 0 spiro atoms. The monoisotopic (exact) mass is 418 g/mol. The maximum Gasteiger partial charge on any atom is 0.260 e. The van der Waals surface area contributed by atoms with Crippen LogP contribution in [0.15, 0.2) is 36.4 Å². The maximum absolute atomic E-state index is 14.1. The highest BCUT2D eigenvalue weighted by molar-refractivity contribution is 6.33. The second-order valence-corrected chi connectivity index (χ2v) is 7.57. The SMILES string of the molecule is Cc1ccc(OCC(=O)N2CCCN(C(=O)c3c(F)cccc3Cl)CC2)cc1C. The Balaban J connectivity index is 1.58. The van der Waals surface area contributed by atoms with Crippen molar-refractivity contribution in [3.05, 3.63) is 63.9 Å². The predicted molar refractivity (Wildman–Crippen MR) is 110 cm³/mol. The zero-order valence-corrected chi connectivity index (χ0v) is 17.3. The third kappa shape index (κ3) is 5.07. The minimum Gasteiger partial charge on any atom is -0.484 e. The average molecular weight is 419 g/mol. The van der Waals surface area contributed by atoms with Gasteiger partial charge in [0.2, 0.25) is 0 Å². The number of hydrogen-bond donors (Lipinski definition) is 0. The zero-order chi connectivity index (χ0) is 21.0. The molecule has 1 aliphatic rings. The van der Waals surface area contributed by atoms with Crippen LogP contribution in [-0.4, -0.2) is 54.4 Å². The predicted octanol–water partition coefficient (Wildman–Crippen LogP) is 3.85. The summed E-state index contributed by atoms with van der Waals surface area (Å²) < 4.78 is 19.7. The standard InChI is InChI=1S/C22H24ClFN2O3/c1-15-7-8-17(13-16(15)2)29-14-20(27)25-9-4-10-26(12-11-25)22(28)21-18(23)5-3-6-19(21)24/h3,5-8,13H,4,9-12,14H2,1-2H3. The van der Waals surface area contributed by atoms with Gasteiger partial charge in [-0.05, 0) is 55.7 Å². The summed E-state index contributed by atoms with van der Waals surface area (Å²) in [4.78, 5) is 28.5. The molecule has 1 fully saturated rings. The minimum atomic E-state index is -0.638.